The van der Waals surface area contributed by atoms with Crippen molar-refractivity contribution >= 4 is 22.7 Å². The largest absolute Gasteiger partial charge is 0.316 e. The molecule has 0 bridgehead atoms. The Kier molecular flexibility index (Phi) is 5.09. The normalized spacial score (nSPS) is 10.9. The summed E-state index contributed by atoms with van der Waals surface area (Å²) in [4.78, 5) is 0. The smallest absolute Gasteiger partial charge is 0.121 e. The first kappa shape index (κ1) is 12.7. The van der Waals surface area contributed by atoms with Crippen molar-refractivity contribution in [2.45, 2.75) is 26.2 Å². The van der Waals surface area contributed by atoms with E-state index in [1.807, 2.05) is 0 Å². The van der Waals surface area contributed by atoms with Crippen LogP contribution in [-0.4, -0.2) is 23.3 Å². The predicted molar refractivity (Wildman–Crippen MR) is 73.9 cm³/mol. The van der Waals surface area contributed by atoms with Gasteiger partial charge in [-0.25, -0.2) is 0 Å². The number of nitrogens with one attached hydrogen (secondary N) is 1. The molecule has 0 unspecified atom stereocenters. The Hall–Kier alpha value is -0.780. The second-order valence-electron chi connectivity index (χ2n) is 3.90. The number of hydrogen-bond acceptors (Lipinski definition) is 5. The van der Waals surface area contributed by atoms with E-state index in [0.717, 1.165) is 35.9 Å². The minimum Gasteiger partial charge on any atom is -0.316 e. The maximum absolute atomic E-state index is 4.24. The van der Waals surface area contributed by atoms with E-state index in [-0.39, 0.29) is 0 Å². The van der Waals surface area contributed by atoms with Gasteiger partial charge in [0.2, 0.25) is 0 Å². The lowest BCUT2D eigenvalue weighted by molar-refractivity contribution is 0.667. The Labute approximate surface area is 110 Å². The van der Waals surface area contributed by atoms with Crippen LogP contribution < -0.4 is 5.32 Å². The molecular weight excluding hydrogens is 250 g/mol. The van der Waals surface area contributed by atoms with Gasteiger partial charge in [-0.1, -0.05) is 6.92 Å². The molecule has 2 rings (SSSR count). The van der Waals surface area contributed by atoms with Crippen molar-refractivity contribution in [3.63, 3.8) is 0 Å². The van der Waals surface area contributed by atoms with E-state index in [1.165, 1.54) is 12.0 Å². The summed E-state index contributed by atoms with van der Waals surface area (Å²) >= 11 is 3.46. The van der Waals surface area contributed by atoms with E-state index in [0.29, 0.717) is 0 Å². The summed E-state index contributed by atoms with van der Waals surface area (Å²) in [7, 11) is 0. The summed E-state index contributed by atoms with van der Waals surface area (Å²) in [6, 6.07) is 2.15. The Morgan fingerprint density at radius 3 is 2.88 bits per heavy atom. The van der Waals surface area contributed by atoms with E-state index in [9.17, 15) is 0 Å². The molecule has 17 heavy (non-hydrogen) atoms. The van der Waals surface area contributed by atoms with Gasteiger partial charge in [0.1, 0.15) is 10.0 Å². The summed E-state index contributed by atoms with van der Waals surface area (Å²) in [5.74, 6) is 0. The van der Waals surface area contributed by atoms with E-state index in [4.69, 9.17) is 0 Å². The van der Waals surface area contributed by atoms with Gasteiger partial charge < -0.3 is 5.32 Å². The highest BCUT2D eigenvalue weighted by molar-refractivity contribution is 7.11. The molecule has 0 fully saturated rings. The van der Waals surface area contributed by atoms with E-state index in [2.05, 4.69) is 39.3 Å². The predicted octanol–water partition coefficient (Wildman–Crippen LogP) is 2.73. The third-order valence-corrected chi connectivity index (χ3v) is 4.10. The quantitative estimate of drug-likeness (QED) is 0.784. The molecule has 2 aromatic heterocycles. The molecule has 0 aliphatic carbocycles. The molecule has 5 heteroatoms. The van der Waals surface area contributed by atoms with Gasteiger partial charge in [-0.3, -0.25) is 0 Å². The molecule has 0 aliphatic heterocycles. The molecule has 1 N–H and O–H groups in total. The Morgan fingerprint density at radius 2 is 2.12 bits per heavy atom. The molecule has 2 aromatic rings. The fraction of sp³-hybridized carbons (Fsp3) is 0.500. The zero-order valence-corrected chi connectivity index (χ0v) is 11.6. The van der Waals surface area contributed by atoms with Gasteiger partial charge in [-0.2, -0.15) is 11.3 Å². The van der Waals surface area contributed by atoms with Crippen LogP contribution in [0.3, 0.4) is 0 Å². The molecule has 0 spiro atoms. The summed E-state index contributed by atoms with van der Waals surface area (Å²) in [5.41, 5.74) is 1.34. The number of aromatic nitrogens is 2. The summed E-state index contributed by atoms with van der Waals surface area (Å²) in [5, 5.41) is 18.4. The number of rotatable bonds is 7. The maximum atomic E-state index is 4.24. The first-order valence-corrected chi connectivity index (χ1v) is 7.67. The molecule has 0 saturated carbocycles. The van der Waals surface area contributed by atoms with Gasteiger partial charge in [0.25, 0.3) is 0 Å². The average molecular weight is 267 g/mol. The monoisotopic (exact) mass is 267 g/mol. The molecule has 0 saturated heterocycles. The van der Waals surface area contributed by atoms with Gasteiger partial charge in [-0.15, -0.1) is 21.5 Å². The summed E-state index contributed by atoms with van der Waals surface area (Å²) in [6.07, 6.45) is 3.09. The van der Waals surface area contributed by atoms with Crippen molar-refractivity contribution in [2.75, 3.05) is 13.1 Å². The molecule has 0 aliphatic rings. The fourth-order valence-electron chi connectivity index (χ4n) is 1.53. The van der Waals surface area contributed by atoms with E-state index in [1.54, 1.807) is 22.7 Å². The van der Waals surface area contributed by atoms with Gasteiger partial charge in [0.15, 0.2) is 0 Å². The van der Waals surface area contributed by atoms with E-state index >= 15 is 0 Å². The van der Waals surface area contributed by atoms with Crippen LogP contribution in [0.1, 0.15) is 28.9 Å². The first-order chi connectivity index (χ1) is 8.38. The first-order valence-electron chi connectivity index (χ1n) is 5.91. The molecule has 0 atom stereocenters. The minimum absolute atomic E-state index is 0.920. The third kappa shape index (κ3) is 4.18. The van der Waals surface area contributed by atoms with Gasteiger partial charge in [-0.05, 0) is 35.4 Å². The highest BCUT2D eigenvalue weighted by Gasteiger charge is 2.05. The molecule has 0 radical (unpaired) electrons. The summed E-state index contributed by atoms with van der Waals surface area (Å²) < 4.78 is 0. The lowest BCUT2D eigenvalue weighted by atomic mass is 10.3. The molecule has 0 aromatic carbocycles. The van der Waals surface area contributed by atoms with Gasteiger partial charge in [0.05, 0.1) is 0 Å². The Bertz CT molecular complexity index is 423. The van der Waals surface area contributed by atoms with Crippen molar-refractivity contribution in [1.29, 1.82) is 0 Å². The summed E-state index contributed by atoms with van der Waals surface area (Å²) in [6.45, 7) is 4.26. The van der Waals surface area contributed by atoms with Gasteiger partial charge in [0, 0.05) is 19.4 Å². The molecule has 92 valence electrons. The molecule has 2 heterocycles. The molecule has 3 nitrogen and oxygen atoms in total. The van der Waals surface area contributed by atoms with Crippen molar-refractivity contribution in [3.8, 4) is 0 Å². The second-order valence-corrected chi connectivity index (χ2v) is 5.82. The van der Waals surface area contributed by atoms with Crippen LogP contribution in [-0.2, 0) is 12.8 Å². The van der Waals surface area contributed by atoms with Crippen molar-refractivity contribution in [3.05, 3.63) is 32.4 Å². The van der Waals surface area contributed by atoms with Crippen LogP contribution in [0.5, 0.6) is 0 Å². The lowest BCUT2D eigenvalue weighted by Gasteiger charge is -1.98. The number of thiophene rings is 1. The molecule has 0 amide bonds. The van der Waals surface area contributed by atoms with Gasteiger partial charge >= 0.3 is 0 Å². The number of hydrogen-bond donors (Lipinski definition) is 1. The lowest BCUT2D eigenvalue weighted by Crippen LogP contribution is -2.17. The minimum atomic E-state index is 0.920. The van der Waals surface area contributed by atoms with Crippen LogP contribution in [0.25, 0.3) is 0 Å². The standard InChI is InChI=1S/C12H17N3S2/c1-2-5-13-6-3-11-14-15-12(17-11)8-10-4-7-16-9-10/h4,7,9,13H,2-3,5-6,8H2,1H3. The van der Waals surface area contributed by atoms with Crippen LogP contribution in [0.4, 0.5) is 0 Å². The third-order valence-electron chi connectivity index (χ3n) is 2.39. The van der Waals surface area contributed by atoms with Crippen molar-refractivity contribution in [1.82, 2.24) is 15.5 Å². The van der Waals surface area contributed by atoms with Crippen LogP contribution in [0.15, 0.2) is 16.8 Å². The topological polar surface area (TPSA) is 37.8 Å². The van der Waals surface area contributed by atoms with Crippen molar-refractivity contribution < 1.29 is 0 Å². The Morgan fingerprint density at radius 1 is 1.24 bits per heavy atom. The Balaban J connectivity index is 1.79. The van der Waals surface area contributed by atoms with Crippen LogP contribution in [0, 0.1) is 0 Å². The van der Waals surface area contributed by atoms with Crippen molar-refractivity contribution in [2.24, 2.45) is 0 Å². The fourth-order valence-corrected chi connectivity index (χ4v) is 3.07. The SMILES string of the molecule is CCCNCCc1nnc(Cc2ccsc2)s1. The maximum Gasteiger partial charge on any atom is 0.121 e. The molecular formula is C12H17N3S2. The van der Waals surface area contributed by atoms with E-state index < -0.39 is 0 Å². The average Bonchev–Trinajstić information content (AvgIpc) is 2.97. The van der Waals surface area contributed by atoms with Crippen LogP contribution >= 0.6 is 22.7 Å². The van der Waals surface area contributed by atoms with Crippen LogP contribution in [0.2, 0.25) is 0 Å². The zero-order chi connectivity index (χ0) is 11.9. The second kappa shape index (κ2) is 6.83. The highest BCUT2D eigenvalue weighted by atomic mass is 32.1. The highest BCUT2D eigenvalue weighted by Crippen LogP contribution is 2.16. The number of nitrogens with zero attached hydrogens (tertiary/aromatic N) is 2. The zero-order valence-electron chi connectivity index (χ0n) is 9.98.